The summed E-state index contributed by atoms with van der Waals surface area (Å²) < 4.78 is 1.48. The van der Waals surface area contributed by atoms with Gasteiger partial charge in [-0.25, -0.2) is 19.3 Å². The quantitative estimate of drug-likeness (QED) is 0.839. The van der Waals surface area contributed by atoms with Crippen molar-refractivity contribution < 1.29 is 0 Å². The molecular weight excluding hydrogens is 218 g/mol. The van der Waals surface area contributed by atoms with Gasteiger partial charge in [0, 0.05) is 17.3 Å². The molecule has 0 spiro atoms. The lowest BCUT2D eigenvalue weighted by Gasteiger charge is -2.14. The molecule has 0 saturated carbocycles. The molecule has 6 nitrogen and oxygen atoms in total. The maximum atomic E-state index is 11.7. The Labute approximate surface area is 99.1 Å². The minimum atomic E-state index is -0.263. The van der Waals surface area contributed by atoms with Gasteiger partial charge in [0.2, 0.25) is 5.95 Å². The topological polar surface area (TPSA) is 75.1 Å². The lowest BCUT2D eigenvalue weighted by molar-refractivity contribution is 0.745. The molecule has 17 heavy (non-hydrogen) atoms. The number of aromatic nitrogens is 4. The SMILES string of the molecule is CC[C@H](C)Nc1nc(C)c(C)c2n[nH]c(=O)n12. The molecule has 0 bridgehead atoms. The average molecular weight is 235 g/mol. The predicted octanol–water partition coefficient (Wildman–Crippen LogP) is 1.24. The molecule has 0 aliphatic heterocycles. The Balaban J connectivity index is 2.66. The first-order chi connectivity index (χ1) is 8.04. The smallest absolute Gasteiger partial charge is 0.350 e. The summed E-state index contributed by atoms with van der Waals surface area (Å²) in [6.45, 7) is 7.95. The van der Waals surface area contributed by atoms with Crippen molar-refractivity contribution in [1.29, 1.82) is 0 Å². The first-order valence-corrected chi connectivity index (χ1v) is 5.75. The minimum Gasteiger partial charge on any atom is -0.353 e. The Hall–Kier alpha value is -1.85. The van der Waals surface area contributed by atoms with Gasteiger partial charge in [-0.1, -0.05) is 6.92 Å². The Kier molecular flexibility index (Phi) is 2.87. The second-order valence-electron chi connectivity index (χ2n) is 4.29. The average Bonchev–Trinajstić information content (AvgIpc) is 2.68. The molecule has 0 unspecified atom stereocenters. The van der Waals surface area contributed by atoms with E-state index >= 15 is 0 Å². The lowest BCUT2D eigenvalue weighted by Crippen LogP contribution is -2.22. The van der Waals surface area contributed by atoms with Crippen LogP contribution in [-0.2, 0) is 0 Å². The van der Waals surface area contributed by atoms with Crippen LogP contribution in [0.4, 0.5) is 5.95 Å². The molecule has 0 amide bonds. The number of aromatic amines is 1. The number of aryl methyl sites for hydroxylation is 2. The summed E-state index contributed by atoms with van der Waals surface area (Å²) in [6, 6.07) is 0.259. The summed E-state index contributed by atoms with van der Waals surface area (Å²) in [5, 5.41) is 9.69. The van der Waals surface area contributed by atoms with E-state index in [-0.39, 0.29) is 11.7 Å². The molecular formula is C11H17N5O. The zero-order chi connectivity index (χ0) is 12.6. The van der Waals surface area contributed by atoms with Crippen LogP contribution in [0, 0.1) is 13.8 Å². The minimum absolute atomic E-state index is 0.259. The van der Waals surface area contributed by atoms with Crippen molar-refractivity contribution >= 4 is 11.6 Å². The molecule has 0 aliphatic rings. The number of nitrogens with zero attached hydrogens (tertiary/aromatic N) is 3. The van der Waals surface area contributed by atoms with Crippen LogP contribution in [-0.4, -0.2) is 25.6 Å². The Morgan fingerprint density at radius 2 is 2.18 bits per heavy atom. The number of nitrogens with one attached hydrogen (secondary N) is 2. The molecule has 0 aromatic carbocycles. The number of hydrogen-bond acceptors (Lipinski definition) is 4. The summed E-state index contributed by atoms with van der Waals surface area (Å²) in [5.41, 5.74) is 2.16. The number of rotatable bonds is 3. The highest BCUT2D eigenvalue weighted by atomic mass is 16.1. The third-order valence-corrected chi connectivity index (χ3v) is 3.02. The van der Waals surface area contributed by atoms with E-state index in [1.807, 2.05) is 20.8 Å². The predicted molar refractivity (Wildman–Crippen MR) is 66.5 cm³/mol. The molecule has 0 radical (unpaired) electrons. The van der Waals surface area contributed by atoms with Gasteiger partial charge in [-0.2, -0.15) is 5.10 Å². The van der Waals surface area contributed by atoms with Gasteiger partial charge in [-0.15, -0.1) is 0 Å². The molecule has 1 atom stereocenters. The first-order valence-electron chi connectivity index (χ1n) is 5.75. The number of fused-ring (bicyclic) bond motifs is 1. The van der Waals surface area contributed by atoms with Crippen LogP contribution in [0.2, 0.25) is 0 Å². The highest BCUT2D eigenvalue weighted by Gasteiger charge is 2.13. The fourth-order valence-corrected chi connectivity index (χ4v) is 1.62. The largest absolute Gasteiger partial charge is 0.353 e. The van der Waals surface area contributed by atoms with E-state index in [0.29, 0.717) is 11.6 Å². The molecule has 2 aromatic rings. The molecule has 2 N–H and O–H groups in total. The zero-order valence-electron chi connectivity index (χ0n) is 10.5. The number of H-pyrrole nitrogens is 1. The van der Waals surface area contributed by atoms with Gasteiger partial charge in [-0.05, 0) is 27.2 Å². The lowest BCUT2D eigenvalue weighted by atomic mass is 10.2. The molecule has 0 aliphatic carbocycles. The molecule has 0 saturated heterocycles. The van der Waals surface area contributed by atoms with Gasteiger partial charge < -0.3 is 5.32 Å². The molecule has 0 fully saturated rings. The molecule has 92 valence electrons. The van der Waals surface area contributed by atoms with E-state index < -0.39 is 0 Å². The van der Waals surface area contributed by atoms with Crippen LogP contribution < -0.4 is 11.0 Å². The summed E-state index contributed by atoms with van der Waals surface area (Å²) in [6.07, 6.45) is 0.961. The van der Waals surface area contributed by atoms with E-state index in [0.717, 1.165) is 17.7 Å². The van der Waals surface area contributed by atoms with Crippen LogP contribution in [0.15, 0.2) is 4.79 Å². The number of anilines is 1. The molecule has 6 heteroatoms. The molecule has 2 aromatic heterocycles. The van der Waals surface area contributed by atoms with Gasteiger partial charge in [-0.3, -0.25) is 0 Å². The van der Waals surface area contributed by atoms with Crippen molar-refractivity contribution in [3.63, 3.8) is 0 Å². The zero-order valence-corrected chi connectivity index (χ0v) is 10.5. The first kappa shape index (κ1) is 11.6. The maximum absolute atomic E-state index is 11.7. The Morgan fingerprint density at radius 1 is 1.47 bits per heavy atom. The normalized spacial score (nSPS) is 12.9. The third-order valence-electron chi connectivity index (χ3n) is 3.02. The summed E-state index contributed by atoms with van der Waals surface area (Å²) in [7, 11) is 0. The summed E-state index contributed by atoms with van der Waals surface area (Å²) in [4.78, 5) is 16.1. The van der Waals surface area contributed by atoms with Gasteiger partial charge >= 0.3 is 5.69 Å². The highest BCUT2D eigenvalue weighted by Crippen LogP contribution is 2.14. The molecule has 2 rings (SSSR count). The standard InChI is InChI=1S/C11H17N5O/c1-5-6(2)12-10-13-8(4)7(3)9-14-15-11(17)16(9)10/h6H,5H2,1-4H3,(H,12,13)(H,15,17)/t6-/m0/s1. The second kappa shape index (κ2) is 4.20. The van der Waals surface area contributed by atoms with Crippen molar-refractivity contribution in [3.8, 4) is 0 Å². The van der Waals surface area contributed by atoms with Gasteiger partial charge in [0.1, 0.15) is 0 Å². The van der Waals surface area contributed by atoms with Crippen molar-refractivity contribution in [2.45, 2.75) is 40.2 Å². The summed E-state index contributed by atoms with van der Waals surface area (Å²) in [5.74, 6) is 0.552. The van der Waals surface area contributed by atoms with Crippen molar-refractivity contribution in [2.24, 2.45) is 0 Å². The fourth-order valence-electron chi connectivity index (χ4n) is 1.62. The fraction of sp³-hybridized carbons (Fsp3) is 0.545. The molecule has 2 heterocycles. The van der Waals surface area contributed by atoms with Crippen LogP contribution >= 0.6 is 0 Å². The number of hydrogen-bond donors (Lipinski definition) is 2. The third kappa shape index (κ3) is 1.90. The highest BCUT2D eigenvalue weighted by molar-refractivity contribution is 5.53. The van der Waals surface area contributed by atoms with E-state index in [1.165, 1.54) is 4.40 Å². The van der Waals surface area contributed by atoms with Gasteiger partial charge in [0.05, 0.1) is 0 Å². The maximum Gasteiger partial charge on any atom is 0.350 e. The van der Waals surface area contributed by atoms with Gasteiger partial charge in [0.15, 0.2) is 5.65 Å². The summed E-state index contributed by atoms with van der Waals surface area (Å²) >= 11 is 0. The van der Waals surface area contributed by atoms with Crippen LogP contribution in [0.25, 0.3) is 5.65 Å². The van der Waals surface area contributed by atoms with Crippen molar-refractivity contribution in [1.82, 2.24) is 19.6 Å². The second-order valence-corrected chi connectivity index (χ2v) is 4.29. The van der Waals surface area contributed by atoms with E-state index in [4.69, 9.17) is 0 Å². The van der Waals surface area contributed by atoms with Crippen molar-refractivity contribution in [3.05, 3.63) is 21.7 Å². The van der Waals surface area contributed by atoms with E-state index in [2.05, 4.69) is 27.4 Å². The Morgan fingerprint density at radius 3 is 2.82 bits per heavy atom. The van der Waals surface area contributed by atoms with Crippen molar-refractivity contribution in [2.75, 3.05) is 5.32 Å². The van der Waals surface area contributed by atoms with E-state index in [1.54, 1.807) is 0 Å². The van der Waals surface area contributed by atoms with Crippen LogP contribution in [0.3, 0.4) is 0 Å². The van der Waals surface area contributed by atoms with Crippen LogP contribution in [0.1, 0.15) is 31.5 Å². The van der Waals surface area contributed by atoms with E-state index in [9.17, 15) is 4.79 Å². The van der Waals surface area contributed by atoms with Gasteiger partial charge in [0.25, 0.3) is 0 Å². The Bertz CT molecular complexity index is 598. The monoisotopic (exact) mass is 235 g/mol. The van der Waals surface area contributed by atoms with Crippen LogP contribution in [0.5, 0.6) is 0 Å².